The molecule has 4 rings (SSSR count). The quantitative estimate of drug-likeness (QED) is 0.520. The van der Waals surface area contributed by atoms with Crippen LogP contribution in [-0.4, -0.2) is 40.1 Å². The van der Waals surface area contributed by atoms with Gasteiger partial charge in [0, 0.05) is 17.8 Å². The maximum Gasteiger partial charge on any atom is 0.255 e. The highest BCUT2D eigenvalue weighted by molar-refractivity contribution is 6.32. The van der Waals surface area contributed by atoms with Crippen LogP contribution in [0.2, 0.25) is 5.02 Å². The van der Waals surface area contributed by atoms with E-state index in [0.717, 1.165) is 11.3 Å². The Bertz CT molecular complexity index is 1250. The summed E-state index contributed by atoms with van der Waals surface area (Å²) in [6.45, 7) is 1.90. The summed E-state index contributed by atoms with van der Waals surface area (Å²) in [5, 5.41) is 11.5. The van der Waals surface area contributed by atoms with Crippen LogP contribution in [0.15, 0.2) is 48.7 Å². The van der Waals surface area contributed by atoms with E-state index < -0.39 is 0 Å². The highest BCUT2D eigenvalue weighted by Crippen LogP contribution is 2.36. The van der Waals surface area contributed by atoms with Crippen molar-refractivity contribution in [3.8, 4) is 17.2 Å². The van der Waals surface area contributed by atoms with Crippen molar-refractivity contribution in [2.24, 2.45) is 0 Å². The summed E-state index contributed by atoms with van der Waals surface area (Å²) in [4.78, 5) is 17.2. The molecule has 1 amide bonds. The van der Waals surface area contributed by atoms with Crippen molar-refractivity contribution in [2.45, 2.75) is 6.92 Å². The molecule has 0 radical (unpaired) electrons. The Morgan fingerprint density at radius 1 is 1.10 bits per heavy atom. The van der Waals surface area contributed by atoms with E-state index in [0.29, 0.717) is 38.9 Å². The van der Waals surface area contributed by atoms with Gasteiger partial charge in [-0.05, 0) is 48.9 Å². The van der Waals surface area contributed by atoms with E-state index in [1.54, 1.807) is 41.2 Å². The Balaban J connectivity index is 1.64. The van der Waals surface area contributed by atoms with Gasteiger partial charge in [0.15, 0.2) is 5.65 Å². The van der Waals surface area contributed by atoms with Gasteiger partial charge in [-0.25, -0.2) is 4.98 Å². The molecule has 4 aromatic rings. The molecular weight excluding hydrogens is 406 g/mol. The lowest BCUT2D eigenvalue weighted by Gasteiger charge is -2.14. The molecule has 8 nitrogen and oxygen atoms in total. The zero-order valence-corrected chi connectivity index (χ0v) is 17.3. The molecule has 0 aliphatic rings. The van der Waals surface area contributed by atoms with E-state index in [9.17, 15) is 4.79 Å². The molecule has 0 fully saturated rings. The molecule has 2 aromatic heterocycles. The minimum Gasteiger partial charge on any atom is -0.495 e. The number of hydrogen-bond donors (Lipinski definition) is 1. The first kappa shape index (κ1) is 19.7. The lowest BCUT2D eigenvalue weighted by molar-refractivity contribution is 0.102. The van der Waals surface area contributed by atoms with Crippen LogP contribution in [0.1, 0.15) is 15.9 Å². The van der Waals surface area contributed by atoms with E-state index in [4.69, 9.17) is 21.1 Å². The number of methoxy groups -OCH3 is 2. The molecule has 2 heterocycles. The Hall–Kier alpha value is -3.65. The van der Waals surface area contributed by atoms with Crippen LogP contribution in [0.5, 0.6) is 11.5 Å². The maximum atomic E-state index is 12.8. The summed E-state index contributed by atoms with van der Waals surface area (Å²) in [5.41, 5.74) is 3.90. The van der Waals surface area contributed by atoms with E-state index in [2.05, 4.69) is 20.6 Å². The van der Waals surface area contributed by atoms with Crippen LogP contribution in [0.4, 0.5) is 5.69 Å². The highest BCUT2D eigenvalue weighted by atomic mass is 35.5. The topological polar surface area (TPSA) is 91.2 Å². The molecule has 2 aromatic carbocycles. The van der Waals surface area contributed by atoms with Gasteiger partial charge in [0.2, 0.25) is 0 Å². The van der Waals surface area contributed by atoms with Crippen LogP contribution >= 0.6 is 11.6 Å². The number of ether oxygens (including phenoxy) is 2. The number of benzene rings is 2. The van der Waals surface area contributed by atoms with Gasteiger partial charge in [-0.2, -0.15) is 4.68 Å². The number of pyridine rings is 1. The number of aryl methyl sites for hydroxylation is 1. The largest absolute Gasteiger partial charge is 0.495 e. The number of hydrogen-bond acceptors (Lipinski definition) is 6. The first-order valence-electron chi connectivity index (χ1n) is 9.02. The molecule has 0 aliphatic heterocycles. The molecule has 152 valence electrons. The van der Waals surface area contributed by atoms with E-state index >= 15 is 0 Å². The number of rotatable bonds is 5. The third-order valence-corrected chi connectivity index (χ3v) is 4.91. The Morgan fingerprint density at radius 3 is 2.63 bits per heavy atom. The van der Waals surface area contributed by atoms with Crippen LogP contribution in [0, 0.1) is 6.92 Å². The van der Waals surface area contributed by atoms with Gasteiger partial charge in [0.1, 0.15) is 17.0 Å². The first-order valence-corrected chi connectivity index (χ1v) is 9.40. The standard InChI is InChI=1S/C21H18ClN5O3/c1-12-9-13(6-7-17(12)27-20-15(25-26-27)5-4-8-23-20)21(28)24-16-10-14(22)18(29-2)11-19(16)30-3/h4-11H,1-3H3,(H,24,28). The maximum absolute atomic E-state index is 12.8. The van der Waals surface area contributed by atoms with Gasteiger partial charge >= 0.3 is 0 Å². The normalized spacial score (nSPS) is 10.8. The number of carbonyl (C=O) groups is 1. The summed E-state index contributed by atoms with van der Waals surface area (Å²) in [5.74, 6) is 0.601. The van der Waals surface area contributed by atoms with Gasteiger partial charge in [-0.3, -0.25) is 4.79 Å². The van der Waals surface area contributed by atoms with Crippen LogP contribution in [-0.2, 0) is 0 Å². The third-order valence-electron chi connectivity index (χ3n) is 4.62. The summed E-state index contributed by atoms with van der Waals surface area (Å²) in [6.07, 6.45) is 1.69. The molecule has 0 unspecified atom stereocenters. The van der Waals surface area contributed by atoms with Crippen molar-refractivity contribution >= 4 is 34.4 Å². The van der Waals surface area contributed by atoms with Gasteiger partial charge in [-0.15, -0.1) is 5.10 Å². The number of fused-ring (bicyclic) bond motifs is 1. The number of nitrogens with one attached hydrogen (secondary N) is 1. The first-order chi connectivity index (χ1) is 14.5. The van der Waals surface area contributed by atoms with E-state index in [1.807, 2.05) is 19.1 Å². The zero-order chi connectivity index (χ0) is 21.3. The summed E-state index contributed by atoms with van der Waals surface area (Å²) < 4.78 is 12.2. The second kappa shape index (κ2) is 8.00. The predicted octanol–water partition coefficient (Wildman–Crippen LogP) is 4.05. The lowest BCUT2D eigenvalue weighted by Crippen LogP contribution is -2.13. The number of anilines is 1. The highest BCUT2D eigenvalue weighted by Gasteiger charge is 2.16. The SMILES string of the molecule is COc1cc(OC)c(NC(=O)c2ccc(-n3nnc4cccnc43)c(C)c2)cc1Cl. The van der Waals surface area contributed by atoms with Gasteiger partial charge in [-0.1, -0.05) is 16.8 Å². The van der Waals surface area contributed by atoms with Crippen molar-refractivity contribution in [1.29, 1.82) is 0 Å². The Kier molecular flexibility index (Phi) is 5.24. The molecule has 0 saturated carbocycles. The minimum atomic E-state index is -0.300. The minimum absolute atomic E-state index is 0.300. The van der Waals surface area contributed by atoms with Crippen molar-refractivity contribution in [3.05, 3.63) is 64.8 Å². The molecule has 0 bridgehead atoms. The van der Waals surface area contributed by atoms with Crippen molar-refractivity contribution < 1.29 is 14.3 Å². The van der Waals surface area contributed by atoms with Crippen LogP contribution < -0.4 is 14.8 Å². The number of carbonyl (C=O) groups excluding carboxylic acids is 1. The summed E-state index contributed by atoms with van der Waals surface area (Å²) in [6, 6.07) is 12.2. The molecule has 9 heteroatoms. The average molecular weight is 424 g/mol. The molecule has 1 N–H and O–H groups in total. The summed E-state index contributed by atoms with van der Waals surface area (Å²) >= 11 is 6.19. The fourth-order valence-corrected chi connectivity index (χ4v) is 3.35. The molecule has 30 heavy (non-hydrogen) atoms. The van der Waals surface area contributed by atoms with Crippen LogP contribution in [0.25, 0.3) is 16.9 Å². The molecule has 0 spiro atoms. The lowest BCUT2D eigenvalue weighted by atomic mass is 10.1. The number of amides is 1. The van der Waals surface area contributed by atoms with Crippen molar-refractivity contribution in [1.82, 2.24) is 20.0 Å². The van der Waals surface area contributed by atoms with Gasteiger partial charge in [0.05, 0.1) is 30.6 Å². The average Bonchev–Trinajstić information content (AvgIpc) is 3.18. The third kappa shape index (κ3) is 3.53. The fourth-order valence-electron chi connectivity index (χ4n) is 3.11. The Labute approximate surface area is 177 Å². The van der Waals surface area contributed by atoms with E-state index in [-0.39, 0.29) is 5.91 Å². The second-order valence-electron chi connectivity index (χ2n) is 6.49. The second-order valence-corrected chi connectivity index (χ2v) is 6.90. The fraction of sp³-hybridized carbons (Fsp3) is 0.143. The molecular formula is C21H18ClN5O3. The van der Waals surface area contributed by atoms with Gasteiger partial charge < -0.3 is 14.8 Å². The van der Waals surface area contributed by atoms with Crippen LogP contribution in [0.3, 0.4) is 0 Å². The van der Waals surface area contributed by atoms with E-state index in [1.165, 1.54) is 14.2 Å². The monoisotopic (exact) mass is 423 g/mol. The molecule has 0 atom stereocenters. The summed E-state index contributed by atoms with van der Waals surface area (Å²) in [7, 11) is 3.02. The van der Waals surface area contributed by atoms with Crippen molar-refractivity contribution in [3.63, 3.8) is 0 Å². The number of nitrogens with zero attached hydrogens (tertiary/aromatic N) is 4. The number of aromatic nitrogens is 4. The number of halogens is 1. The molecule has 0 saturated heterocycles. The van der Waals surface area contributed by atoms with Gasteiger partial charge in [0.25, 0.3) is 5.91 Å². The Morgan fingerprint density at radius 2 is 1.90 bits per heavy atom. The molecule has 0 aliphatic carbocycles. The zero-order valence-electron chi connectivity index (χ0n) is 16.5. The predicted molar refractivity (Wildman–Crippen MR) is 114 cm³/mol. The van der Waals surface area contributed by atoms with Crippen molar-refractivity contribution in [2.75, 3.05) is 19.5 Å². The smallest absolute Gasteiger partial charge is 0.255 e.